The first-order valence-corrected chi connectivity index (χ1v) is 8.14. The number of amides is 1. The Morgan fingerprint density at radius 1 is 1.33 bits per heavy atom. The molecule has 3 rings (SSSR count). The van der Waals surface area contributed by atoms with Gasteiger partial charge < -0.3 is 9.88 Å². The number of hydrogen-bond donors (Lipinski definition) is 1. The Balaban J connectivity index is 1.80. The molecule has 0 aliphatic carbocycles. The molecule has 1 aromatic heterocycles. The highest BCUT2D eigenvalue weighted by atomic mass is 19.1. The quantitative estimate of drug-likeness (QED) is 0.941. The Morgan fingerprint density at radius 2 is 2.08 bits per heavy atom. The van der Waals surface area contributed by atoms with E-state index in [9.17, 15) is 14.0 Å². The number of H-pyrrole nitrogens is 1. The van der Waals surface area contributed by atoms with Crippen molar-refractivity contribution in [3.05, 3.63) is 63.6 Å². The summed E-state index contributed by atoms with van der Waals surface area (Å²) in [5.74, 6) is 0.142. The molecule has 0 saturated carbocycles. The van der Waals surface area contributed by atoms with E-state index in [1.165, 1.54) is 18.3 Å². The molecule has 0 radical (unpaired) electrons. The van der Waals surface area contributed by atoms with Crippen LogP contribution in [0.3, 0.4) is 0 Å². The van der Waals surface area contributed by atoms with Crippen LogP contribution in [-0.2, 0) is 11.2 Å². The van der Waals surface area contributed by atoms with Crippen molar-refractivity contribution >= 4 is 5.91 Å². The van der Waals surface area contributed by atoms with Gasteiger partial charge >= 0.3 is 0 Å². The van der Waals surface area contributed by atoms with Gasteiger partial charge in [0.25, 0.3) is 5.56 Å². The highest BCUT2D eigenvalue weighted by molar-refractivity contribution is 5.79. The van der Waals surface area contributed by atoms with Gasteiger partial charge in [0, 0.05) is 18.3 Å². The molecule has 1 aliphatic rings. The number of aryl methyl sites for hydroxylation is 1. The molecule has 126 valence electrons. The molecular weight excluding hydrogens is 309 g/mol. The lowest BCUT2D eigenvalue weighted by atomic mass is 9.94. The zero-order valence-electron chi connectivity index (χ0n) is 13.6. The molecule has 0 spiro atoms. The molecule has 1 atom stereocenters. The monoisotopic (exact) mass is 329 g/mol. The minimum Gasteiger partial charge on any atom is -0.335 e. The molecule has 24 heavy (non-hydrogen) atoms. The maximum atomic E-state index is 13.1. The number of nitrogens with zero attached hydrogens (tertiary/aromatic N) is 2. The van der Waals surface area contributed by atoms with Gasteiger partial charge in [0.2, 0.25) is 5.91 Å². The van der Waals surface area contributed by atoms with Crippen molar-refractivity contribution < 1.29 is 9.18 Å². The first kappa shape index (κ1) is 16.4. The summed E-state index contributed by atoms with van der Waals surface area (Å²) in [6.45, 7) is 2.35. The average molecular weight is 329 g/mol. The number of rotatable bonds is 3. The largest absolute Gasteiger partial charge is 0.335 e. The van der Waals surface area contributed by atoms with E-state index in [2.05, 4.69) is 9.97 Å². The number of likely N-dealkylation sites (tertiary alicyclic amines) is 1. The van der Waals surface area contributed by atoms with Gasteiger partial charge in [-0.2, -0.15) is 0 Å². The third-order valence-electron chi connectivity index (χ3n) is 4.42. The molecule has 1 aliphatic heterocycles. The molecule has 1 unspecified atom stereocenters. The lowest BCUT2D eigenvalue weighted by Gasteiger charge is -2.36. The lowest BCUT2D eigenvalue weighted by molar-refractivity contribution is -0.134. The van der Waals surface area contributed by atoms with Crippen LogP contribution in [0.2, 0.25) is 0 Å². The zero-order valence-corrected chi connectivity index (χ0v) is 13.6. The summed E-state index contributed by atoms with van der Waals surface area (Å²) < 4.78 is 13.1. The van der Waals surface area contributed by atoms with Crippen LogP contribution in [0.25, 0.3) is 0 Å². The zero-order chi connectivity index (χ0) is 17.1. The fourth-order valence-corrected chi connectivity index (χ4v) is 3.16. The highest BCUT2D eigenvalue weighted by Crippen LogP contribution is 2.31. The van der Waals surface area contributed by atoms with Crippen molar-refractivity contribution in [3.63, 3.8) is 0 Å². The van der Waals surface area contributed by atoms with Crippen molar-refractivity contribution in [2.24, 2.45) is 0 Å². The van der Waals surface area contributed by atoms with Crippen molar-refractivity contribution in [2.45, 2.75) is 38.6 Å². The van der Waals surface area contributed by atoms with Gasteiger partial charge in [0.1, 0.15) is 11.6 Å². The molecule has 2 heterocycles. The molecule has 1 fully saturated rings. The van der Waals surface area contributed by atoms with E-state index in [-0.39, 0.29) is 29.7 Å². The number of carbonyl (C=O) groups is 1. The van der Waals surface area contributed by atoms with Crippen LogP contribution in [0.4, 0.5) is 4.39 Å². The normalized spacial score (nSPS) is 17.8. The molecule has 1 N–H and O–H groups in total. The summed E-state index contributed by atoms with van der Waals surface area (Å²) in [5, 5.41) is 0. The number of piperidine rings is 1. The summed E-state index contributed by atoms with van der Waals surface area (Å²) in [6.07, 6.45) is 4.30. The van der Waals surface area contributed by atoms with Crippen LogP contribution in [0.1, 0.15) is 42.3 Å². The topological polar surface area (TPSA) is 66.1 Å². The van der Waals surface area contributed by atoms with Crippen LogP contribution in [0, 0.1) is 12.7 Å². The van der Waals surface area contributed by atoms with Gasteiger partial charge in [0.15, 0.2) is 0 Å². The number of hydrogen-bond acceptors (Lipinski definition) is 3. The number of nitrogens with one attached hydrogen (secondary N) is 1. The SMILES string of the molecule is Cc1ncc(CC(=O)N2CCCCC2c2ccc(F)cc2)c(=O)[nH]1. The summed E-state index contributed by atoms with van der Waals surface area (Å²) in [7, 11) is 0. The van der Waals surface area contributed by atoms with E-state index in [1.54, 1.807) is 24.0 Å². The Morgan fingerprint density at radius 3 is 2.79 bits per heavy atom. The maximum Gasteiger partial charge on any atom is 0.254 e. The van der Waals surface area contributed by atoms with E-state index in [4.69, 9.17) is 0 Å². The van der Waals surface area contributed by atoms with E-state index < -0.39 is 0 Å². The minimum atomic E-state index is -0.287. The number of aromatic nitrogens is 2. The van der Waals surface area contributed by atoms with Gasteiger partial charge in [0.05, 0.1) is 12.5 Å². The smallest absolute Gasteiger partial charge is 0.254 e. The highest BCUT2D eigenvalue weighted by Gasteiger charge is 2.28. The third-order valence-corrected chi connectivity index (χ3v) is 4.42. The van der Waals surface area contributed by atoms with Crippen LogP contribution in [0.15, 0.2) is 35.3 Å². The molecular formula is C18H20FN3O2. The maximum absolute atomic E-state index is 13.1. The Labute approximate surface area is 139 Å². The van der Waals surface area contributed by atoms with Crippen LogP contribution in [-0.4, -0.2) is 27.3 Å². The average Bonchev–Trinajstić information content (AvgIpc) is 2.58. The molecule has 6 heteroatoms. The summed E-state index contributed by atoms with van der Waals surface area (Å²) >= 11 is 0. The van der Waals surface area contributed by atoms with Crippen molar-refractivity contribution in [1.82, 2.24) is 14.9 Å². The first-order chi connectivity index (χ1) is 11.5. The van der Waals surface area contributed by atoms with E-state index >= 15 is 0 Å². The number of benzene rings is 1. The van der Waals surface area contributed by atoms with Gasteiger partial charge in [-0.25, -0.2) is 9.37 Å². The van der Waals surface area contributed by atoms with Crippen LogP contribution in [0.5, 0.6) is 0 Å². The summed E-state index contributed by atoms with van der Waals surface area (Å²) in [5.41, 5.74) is 1.03. The first-order valence-electron chi connectivity index (χ1n) is 8.14. The molecule has 1 amide bonds. The molecule has 0 bridgehead atoms. The lowest BCUT2D eigenvalue weighted by Crippen LogP contribution is -2.40. The second-order valence-corrected chi connectivity index (χ2v) is 6.15. The van der Waals surface area contributed by atoms with Gasteiger partial charge in [-0.1, -0.05) is 12.1 Å². The summed E-state index contributed by atoms with van der Waals surface area (Å²) in [4.78, 5) is 33.1. The fraction of sp³-hybridized carbons (Fsp3) is 0.389. The summed E-state index contributed by atoms with van der Waals surface area (Å²) in [6, 6.07) is 6.23. The second-order valence-electron chi connectivity index (χ2n) is 6.15. The van der Waals surface area contributed by atoms with Crippen LogP contribution < -0.4 is 5.56 Å². The second kappa shape index (κ2) is 6.95. The fourth-order valence-electron chi connectivity index (χ4n) is 3.16. The van der Waals surface area contributed by atoms with Crippen molar-refractivity contribution in [1.29, 1.82) is 0 Å². The Hall–Kier alpha value is -2.50. The standard InChI is InChI=1S/C18H20FN3O2/c1-12-20-11-14(18(24)21-12)10-17(23)22-9-3-2-4-16(22)13-5-7-15(19)8-6-13/h5-8,11,16H,2-4,9-10H2,1H3,(H,20,21,24). The predicted octanol–water partition coefficient (Wildman–Crippen LogP) is 2.51. The Kier molecular flexibility index (Phi) is 4.74. The number of carbonyl (C=O) groups excluding carboxylic acids is 1. The van der Waals surface area contributed by atoms with Crippen molar-refractivity contribution in [3.8, 4) is 0 Å². The number of aromatic amines is 1. The molecule has 1 aromatic carbocycles. The molecule has 1 saturated heterocycles. The predicted molar refractivity (Wildman–Crippen MR) is 88.0 cm³/mol. The third kappa shape index (κ3) is 3.53. The van der Waals surface area contributed by atoms with E-state index in [0.29, 0.717) is 17.9 Å². The van der Waals surface area contributed by atoms with E-state index in [1.807, 2.05) is 0 Å². The van der Waals surface area contributed by atoms with Gasteiger partial charge in [-0.3, -0.25) is 9.59 Å². The minimum absolute atomic E-state index is 0.0281. The van der Waals surface area contributed by atoms with Gasteiger partial charge in [-0.05, 0) is 43.9 Å². The molecule has 5 nitrogen and oxygen atoms in total. The molecule has 2 aromatic rings. The van der Waals surface area contributed by atoms with Gasteiger partial charge in [-0.15, -0.1) is 0 Å². The number of halogens is 1. The Bertz CT molecular complexity index is 786. The van der Waals surface area contributed by atoms with E-state index in [0.717, 1.165) is 24.8 Å². The van der Waals surface area contributed by atoms with Crippen molar-refractivity contribution in [2.75, 3.05) is 6.54 Å². The van der Waals surface area contributed by atoms with Crippen LogP contribution >= 0.6 is 0 Å².